The summed E-state index contributed by atoms with van der Waals surface area (Å²) < 4.78 is 0. The van der Waals surface area contributed by atoms with Crippen LogP contribution in [0.4, 0.5) is 5.69 Å². The lowest BCUT2D eigenvalue weighted by atomic mass is 9.68. The average molecular weight is 272 g/mol. The Morgan fingerprint density at radius 3 is 2.30 bits per heavy atom. The monoisotopic (exact) mass is 272 g/mol. The van der Waals surface area contributed by atoms with Gasteiger partial charge >= 0.3 is 0 Å². The Kier molecular flexibility index (Phi) is 4.62. The molecule has 0 amide bonds. The largest absolute Gasteiger partial charge is 0.384 e. The number of hydrogen-bond acceptors (Lipinski definition) is 2. The van der Waals surface area contributed by atoms with E-state index in [0.717, 1.165) is 12.0 Å². The van der Waals surface area contributed by atoms with Gasteiger partial charge < -0.3 is 10.2 Å². The van der Waals surface area contributed by atoms with Crippen LogP contribution in [0.25, 0.3) is 0 Å². The predicted octanol–water partition coefficient (Wildman–Crippen LogP) is 4.14. The van der Waals surface area contributed by atoms with Gasteiger partial charge in [0, 0.05) is 18.8 Å². The number of rotatable bonds is 4. The second-order valence-electron chi connectivity index (χ2n) is 6.70. The lowest BCUT2D eigenvalue weighted by molar-refractivity contribution is 0.0699. The minimum atomic E-state index is 0.738. The molecule has 1 saturated heterocycles. The van der Waals surface area contributed by atoms with E-state index in [9.17, 15) is 0 Å². The highest BCUT2D eigenvalue weighted by atomic mass is 15.1. The Morgan fingerprint density at radius 2 is 1.60 bits per heavy atom. The summed E-state index contributed by atoms with van der Waals surface area (Å²) in [5, 5.41) is 3.52. The molecule has 2 aliphatic rings. The van der Waals surface area contributed by atoms with E-state index in [-0.39, 0.29) is 0 Å². The number of nitrogens with one attached hydrogen (secondary N) is 1. The molecule has 110 valence electrons. The number of hydrogen-bond donors (Lipinski definition) is 1. The first-order valence-corrected chi connectivity index (χ1v) is 8.38. The van der Waals surface area contributed by atoms with Crippen LogP contribution in [-0.4, -0.2) is 31.1 Å². The molecule has 1 aliphatic heterocycles. The van der Waals surface area contributed by atoms with Crippen molar-refractivity contribution in [3.05, 3.63) is 30.3 Å². The molecule has 1 aliphatic carbocycles. The molecule has 2 nitrogen and oxygen atoms in total. The molecular formula is C18H28N2. The Labute approximate surface area is 123 Å². The van der Waals surface area contributed by atoms with Crippen molar-refractivity contribution in [3.63, 3.8) is 0 Å². The highest BCUT2D eigenvalue weighted by molar-refractivity contribution is 5.42. The van der Waals surface area contributed by atoms with E-state index in [4.69, 9.17) is 0 Å². The summed E-state index contributed by atoms with van der Waals surface area (Å²) in [4.78, 5) is 2.65. The Morgan fingerprint density at radius 1 is 0.900 bits per heavy atom. The van der Waals surface area contributed by atoms with Crippen LogP contribution in [-0.2, 0) is 0 Å². The van der Waals surface area contributed by atoms with E-state index in [0.29, 0.717) is 0 Å². The number of piperidine rings is 1. The molecule has 3 rings (SSSR count). The second-order valence-corrected chi connectivity index (χ2v) is 6.70. The first-order chi connectivity index (χ1) is 9.86. The maximum atomic E-state index is 3.52. The molecule has 1 spiro atoms. The van der Waals surface area contributed by atoms with Gasteiger partial charge in [-0.3, -0.25) is 0 Å². The lowest BCUT2D eigenvalue weighted by Crippen LogP contribution is -2.42. The van der Waals surface area contributed by atoms with Gasteiger partial charge in [-0.2, -0.15) is 0 Å². The minimum absolute atomic E-state index is 0.738. The van der Waals surface area contributed by atoms with E-state index >= 15 is 0 Å². The molecule has 1 N–H and O–H groups in total. The fraction of sp³-hybridized carbons (Fsp3) is 0.667. The highest BCUT2D eigenvalue weighted by Gasteiger charge is 2.35. The molecule has 0 bridgehead atoms. The summed E-state index contributed by atoms with van der Waals surface area (Å²) in [5.74, 6) is 0. The van der Waals surface area contributed by atoms with E-state index in [1.165, 1.54) is 70.3 Å². The Balaban J connectivity index is 1.38. The molecule has 1 heterocycles. The SMILES string of the molecule is c1ccc(NCCN2CCC3(CCCCC3)CC2)cc1. The van der Waals surface area contributed by atoms with Crippen molar-refractivity contribution in [2.24, 2.45) is 5.41 Å². The van der Waals surface area contributed by atoms with Gasteiger partial charge in [-0.05, 0) is 56.3 Å². The molecule has 0 aromatic heterocycles. The summed E-state index contributed by atoms with van der Waals surface area (Å²) in [6.45, 7) is 4.88. The fourth-order valence-corrected chi connectivity index (χ4v) is 3.97. The van der Waals surface area contributed by atoms with Gasteiger partial charge in [0.25, 0.3) is 0 Å². The van der Waals surface area contributed by atoms with Crippen LogP contribution in [0.15, 0.2) is 30.3 Å². The van der Waals surface area contributed by atoms with Crippen LogP contribution in [0, 0.1) is 5.41 Å². The third kappa shape index (κ3) is 3.54. The Bertz CT molecular complexity index is 385. The molecule has 0 radical (unpaired) electrons. The van der Waals surface area contributed by atoms with Crippen LogP contribution in [0.2, 0.25) is 0 Å². The van der Waals surface area contributed by atoms with Crippen molar-refractivity contribution in [1.29, 1.82) is 0 Å². The van der Waals surface area contributed by atoms with E-state index in [1.807, 2.05) is 0 Å². The number of likely N-dealkylation sites (tertiary alicyclic amines) is 1. The van der Waals surface area contributed by atoms with Crippen LogP contribution in [0.3, 0.4) is 0 Å². The molecule has 0 unspecified atom stereocenters. The molecule has 1 aromatic rings. The van der Waals surface area contributed by atoms with Gasteiger partial charge in [0.2, 0.25) is 0 Å². The van der Waals surface area contributed by atoms with E-state index in [1.54, 1.807) is 0 Å². The summed E-state index contributed by atoms with van der Waals surface area (Å²) in [5.41, 5.74) is 1.98. The fourth-order valence-electron chi connectivity index (χ4n) is 3.97. The van der Waals surface area contributed by atoms with Gasteiger partial charge in [0.05, 0.1) is 0 Å². The number of anilines is 1. The second kappa shape index (κ2) is 6.62. The van der Waals surface area contributed by atoms with Crippen LogP contribution >= 0.6 is 0 Å². The van der Waals surface area contributed by atoms with Gasteiger partial charge in [-0.15, -0.1) is 0 Å². The Hall–Kier alpha value is -1.02. The number of nitrogens with zero attached hydrogens (tertiary/aromatic N) is 1. The van der Waals surface area contributed by atoms with Gasteiger partial charge in [0.1, 0.15) is 0 Å². The van der Waals surface area contributed by atoms with Crippen molar-refractivity contribution in [2.75, 3.05) is 31.5 Å². The van der Waals surface area contributed by atoms with Crippen LogP contribution in [0.5, 0.6) is 0 Å². The van der Waals surface area contributed by atoms with E-state index in [2.05, 4.69) is 40.5 Å². The van der Waals surface area contributed by atoms with Gasteiger partial charge in [0.15, 0.2) is 0 Å². The maximum absolute atomic E-state index is 3.52. The first kappa shape index (κ1) is 13.9. The molecule has 1 aromatic carbocycles. The molecule has 2 heteroatoms. The van der Waals surface area contributed by atoms with Crippen molar-refractivity contribution < 1.29 is 0 Å². The number of para-hydroxylation sites is 1. The zero-order valence-electron chi connectivity index (χ0n) is 12.6. The van der Waals surface area contributed by atoms with Gasteiger partial charge in [-0.1, -0.05) is 37.5 Å². The van der Waals surface area contributed by atoms with E-state index < -0.39 is 0 Å². The van der Waals surface area contributed by atoms with Crippen LogP contribution < -0.4 is 5.32 Å². The molecule has 2 fully saturated rings. The summed E-state index contributed by atoms with van der Waals surface area (Å²) in [6, 6.07) is 10.5. The zero-order chi connectivity index (χ0) is 13.7. The third-order valence-corrected chi connectivity index (χ3v) is 5.36. The van der Waals surface area contributed by atoms with Crippen molar-refractivity contribution in [3.8, 4) is 0 Å². The smallest absolute Gasteiger partial charge is 0.0340 e. The first-order valence-electron chi connectivity index (χ1n) is 8.38. The summed E-state index contributed by atoms with van der Waals surface area (Å²) in [6.07, 6.45) is 10.3. The standard InChI is InChI=1S/C18H28N2/c1-3-7-17(8-4-1)19-13-16-20-14-11-18(12-15-20)9-5-2-6-10-18/h1,3-4,7-8,19H,2,5-6,9-16H2. The van der Waals surface area contributed by atoms with Crippen molar-refractivity contribution >= 4 is 5.69 Å². The van der Waals surface area contributed by atoms with Crippen molar-refractivity contribution in [2.45, 2.75) is 44.9 Å². The highest BCUT2D eigenvalue weighted by Crippen LogP contribution is 2.44. The molecule has 20 heavy (non-hydrogen) atoms. The summed E-state index contributed by atoms with van der Waals surface area (Å²) >= 11 is 0. The van der Waals surface area contributed by atoms with Crippen molar-refractivity contribution in [1.82, 2.24) is 4.90 Å². The molecular weight excluding hydrogens is 244 g/mol. The number of benzene rings is 1. The maximum Gasteiger partial charge on any atom is 0.0340 e. The molecule has 0 atom stereocenters. The van der Waals surface area contributed by atoms with Crippen LogP contribution in [0.1, 0.15) is 44.9 Å². The third-order valence-electron chi connectivity index (χ3n) is 5.36. The van der Waals surface area contributed by atoms with Gasteiger partial charge in [-0.25, -0.2) is 0 Å². The topological polar surface area (TPSA) is 15.3 Å². The average Bonchev–Trinajstić information content (AvgIpc) is 2.52. The normalized spacial score (nSPS) is 22.8. The predicted molar refractivity (Wildman–Crippen MR) is 86.1 cm³/mol. The lowest BCUT2D eigenvalue weighted by Gasteiger charge is -2.44. The quantitative estimate of drug-likeness (QED) is 0.886. The summed E-state index contributed by atoms with van der Waals surface area (Å²) in [7, 11) is 0. The zero-order valence-corrected chi connectivity index (χ0v) is 12.6. The molecule has 1 saturated carbocycles. The minimum Gasteiger partial charge on any atom is -0.384 e.